The van der Waals surface area contributed by atoms with Crippen molar-refractivity contribution in [2.45, 2.75) is 6.92 Å². The number of aryl methyl sites for hydroxylation is 1. The number of rotatable bonds is 3. The van der Waals surface area contributed by atoms with E-state index in [0.717, 1.165) is 0 Å². The lowest BCUT2D eigenvalue weighted by Crippen LogP contribution is -2.13. The molecule has 0 aromatic heterocycles. The highest BCUT2D eigenvalue weighted by Gasteiger charge is 2.11. The van der Waals surface area contributed by atoms with Crippen LogP contribution in [-0.2, 0) is 0 Å². The van der Waals surface area contributed by atoms with Gasteiger partial charge in [-0.3, -0.25) is 4.79 Å². The third kappa shape index (κ3) is 3.41. The van der Waals surface area contributed by atoms with Crippen molar-refractivity contribution in [3.8, 4) is 0 Å². The van der Waals surface area contributed by atoms with Crippen LogP contribution < -0.4 is 11.1 Å². The maximum Gasteiger partial charge on any atom is 0.336 e. The van der Waals surface area contributed by atoms with Gasteiger partial charge >= 0.3 is 5.97 Å². The van der Waals surface area contributed by atoms with Crippen LogP contribution in [0, 0.1) is 6.92 Å². The molecule has 0 unspecified atom stereocenters. The third-order valence-electron chi connectivity index (χ3n) is 2.99. The minimum Gasteiger partial charge on any atom is -0.478 e. The standard InChI is InChI=1S/C15H13BrN2O3/c1-8-2-4-10(7-11(8)15(20)21)18-14(19)9-3-5-13(17)12(16)6-9/h2-7H,17H2,1H3,(H,18,19)(H,20,21). The molecule has 2 aromatic carbocycles. The first-order chi connectivity index (χ1) is 9.88. The summed E-state index contributed by atoms with van der Waals surface area (Å²) >= 11 is 3.26. The molecule has 108 valence electrons. The van der Waals surface area contributed by atoms with Crippen LogP contribution in [0.25, 0.3) is 0 Å². The molecule has 6 heteroatoms. The van der Waals surface area contributed by atoms with E-state index in [0.29, 0.717) is 27.0 Å². The number of amides is 1. The summed E-state index contributed by atoms with van der Waals surface area (Å²) in [6.45, 7) is 1.70. The van der Waals surface area contributed by atoms with Gasteiger partial charge in [-0.25, -0.2) is 4.79 Å². The summed E-state index contributed by atoms with van der Waals surface area (Å²) in [5, 5.41) is 11.7. The predicted octanol–water partition coefficient (Wildman–Crippen LogP) is 3.29. The van der Waals surface area contributed by atoms with Crippen molar-refractivity contribution in [1.29, 1.82) is 0 Å². The molecule has 0 heterocycles. The Morgan fingerprint density at radius 1 is 1.19 bits per heavy atom. The van der Waals surface area contributed by atoms with E-state index in [-0.39, 0.29) is 11.5 Å². The van der Waals surface area contributed by atoms with E-state index in [2.05, 4.69) is 21.2 Å². The van der Waals surface area contributed by atoms with E-state index in [1.165, 1.54) is 6.07 Å². The monoisotopic (exact) mass is 348 g/mol. The summed E-state index contributed by atoms with van der Waals surface area (Å²) in [5.41, 5.74) is 7.85. The topological polar surface area (TPSA) is 92.4 Å². The van der Waals surface area contributed by atoms with Gasteiger partial charge in [0.15, 0.2) is 0 Å². The Hall–Kier alpha value is -2.34. The van der Waals surface area contributed by atoms with Gasteiger partial charge in [-0.1, -0.05) is 6.07 Å². The zero-order valence-corrected chi connectivity index (χ0v) is 12.8. The Balaban J connectivity index is 2.25. The zero-order valence-electron chi connectivity index (χ0n) is 11.2. The van der Waals surface area contributed by atoms with Crippen LogP contribution in [-0.4, -0.2) is 17.0 Å². The molecule has 2 rings (SSSR count). The second-order valence-electron chi connectivity index (χ2n) is 4.53. The number of nitrogens with one attached hydrogen (secondary N) is 1. The molecule has 5 nitrogen and oxygen atoms in total. The average Bonchev–Trinajstić information content (AvgIpc) is 2.43. The van der Waals surface area contributed by atoms with E-state index in [1.54, 1.807) is 37.3 Å². The van der Waals surface area contributed by atoms with E-state index in [4.69, 9.17) is 10.8 Å². The van der Waals surface area contributed by atoms with Crippen LogP contribution in [0.5, 0.6) is 0 Å². The quantitative estimate of drug-likeness (QED) is 0.742. The molecule has 0 aliphatic heterocycles. The minimum atomic E-state index is -1.03. The lowest BCUT2D eigenvalue weighted by Gasteiger charge is -2.08. The number of nitrogens with two attached hydrogens (primary N) is 1. The van der Waals surface area contributed by atoms with E-state index in [9.17, 15) is 9.59 Å². The molecule has 0 aliphatic rings. The summed E-state index contributed by atoms with van der Waals surface area (Å²) in [4.78, 5) is 23.2. The van der Waals surface area contributed by atoms with Crippen molar-refractivity contribution < 1.29 is 14.7 Å². The number of carbonyl (C=O) groups is 2. The number of hydrogen-bond acceptors (Lipinski definition) is 3. The van der Waals surface area contributed by atoms with E-state index in [1.807, 2.05) is 0 Å². The number of carboxylic acid groups (broad SMARTS) is 1. The molecule has 0 saturated heterocycles. The molecule has 0 fully saturated rings. The number of halogens is 1. The first-order valence-corrected chi connectivity index (χ1v) is 6.88. The Bertz CT molecular complexity index is 729. The molecule has 0 atom stereocenters. The lowest BCUT2D eigenvalue weighted by molar-refractivity contribution is 0.0695. The van der Waals surface area contributed by atoms with Crippen LogP contribution in [0.15, 0.2) is 40.9 Å². The summed E-state index contributed by atoms with van der Waals surface area (Å²) in [5.74, 6) is -1.37. The Morgan fingerprint density at radius 3 is 2.52 bits per heavy atom. The number of nitrogen functional groups attached to an aromatic ring is 1. The number of benzene rings is 2. The fourth-order valence-corrected chi connectivity index (χ4v) is 2.18. The summed E-state index contributed by atoms with van der Waals surface area (Å²) in [7, 11) is 0. The maximum absolute atomic E-state index is 12.1. The second-order valence-corrected chi connectivity index (χ2v) is 5.38. The zero-order chi connectivity index (χ0) is 15.6. The average molecular weight is 349 g/mol. The van der Waals surface area contributed by atoms with Crippen molar-refractivity contribution in [2.24, 2.45) is 0 Å². The minimum absolute atomic E-state index is 0.159. The molecule has 0 bridgehead atoms. The number of hydrogen-bond donors (Lipinski definition) is 3. The molecule has 0 radical (unpaired) electrons. The Morgan fingerprint density at radius 2 is 1.90 bits per heavy atom. The van der Waals surface area contributed by atoms with Gasteiger partial charge in [-0.05, 0) is 58.7 Å². The van der Waals surface area contributed by atoms with Crippen molar-refractivity contribution in [1.82, 2.24) is 0 Å². The van der Waals surface area contributed by atoms with Crippen molar-refractivity contribution in [3.05, 3.63) is 57.6 Å². The lowest BCUT2D eigenvalue weighted by atomic mass is 10.1. The fourth-order valence-electron chi connectivity index (χ4n) is 1.80. The molecule has 0 saturated carbocycles. The van der Waals surface area contributed by atoms with Gasteiger partial charge in [0.25, 0.3) is 5.91 Å². The Kier molecular flexibility index (Phi) is 4.28. The van der Waals surface area contributed by atoms with Crippen molar-refractivity contribution in [2.75, 3.05) is 11.1 Å². The van der Waals surface area contributed by atoms with Crippen molar-refractivity contribution >= 4 is 39.2 Å². The fraction of sp³-hybridized carbons (Fsp3) is 0.0667. The molecule has 4 N–H and O–H groups in total. The second kappa shape index (κ2) is 5.97. The number of anilines is 2. The number of carboxylic acids is 1. The summed E-state index contributed by atoms with van der Waals surface area (Å²) in [6.07, 6.45) is 0. The van der Waals surface area contributed by atoms with Gasteiger partial charge in [0.05, 0.1) is 5.56 Å². The molecule has 0 aliphatic carbocycles. The van der Waals surface area contributed by atoms with Crippen molar-refractivity contribution in [3.63, 3.8) is 0 Å². The molecule has 0 spiro atoms. The van der Waals surface area contributed by atoms with Gasteiger partial charge in [0.1, 0.15) is 0 Å². The van der Waals surface area contributed by atoms with Gasteiger partial charge in [-0.15, -0.1) is 0 Å². The Labute approximate surface area is 129 Å². The molecular formula is C15H13BrN2O3. The predicted molar refractivity (Wildman–Crippen MR) is 84.6 cm³/mol. The maximum atomic E-state index is 12.1. The largest absolute Gasteiger partial charge is 0.478 e. The molecule has 2 aromatic rings. The molecule has 1 amide bonds. The summed E-state index contributed by atoms with van der Waals surface area (Å²) in [6, 6.07) is 9.57. The van der Waals surface area contributed by atoms with E-state index < -0.39 is 5.97 Å². The van der Waals surface area contributed by atoms with Crippen LogP contribution in [0.1, 0.15) is 26.3 Å². The van der Waals surface area contributed by atoms with Gasteiger partial charge < -0.3 is 16.2 Å². The normalized spacial score (nSPS) is 10.2. The smallest absolute Gasteiger partial charge is 0.336 e. The van der Waals surface area contributed by atoms with Crippen LogP contribution >= 0.6 is 15.9 Å². The first-order valence-electron chi connectivity index (χ1n) is 6.09. The third-order valence-corrected chi connectivity index (χ3v) is 3.68. The highest BCUT2D eigenvalue weighted by molar-refractivity contribution is 9.10. The highest BCUT2D eigenvalue weighted by Crippen LogP contribution is 2.22. The summed E-state index contributed by atoms with van der Waals surface area (Å²) < 4.78 is 0.630. The van der Waals surface area contributed by atoms with Crippen LogP contribution in [0.4, 0.5) is 11.4 Å². The number of aromatic carboxylic acids is 1. The van der Waals surface area contributed by atoms with Gasteiger partial charge in [-0.2, -0.15) is 0 Å². The van der Waals surface area contributed by atoms with Gasteiger partial charge in [0, 0.05) is 21.4 Å². The highest BCUT2D eigenvalue weighted by atomic mass is 79.9. The van der Waals surface area contributed by atoms with Crippen LogP contribution in [0.2, 0.25) is 0 Å². The van der Waals surface area contributed by atoms with Gasteiger partial charge in [0.2, 0.25) is 0 Å². The first kappa shape index (κ1) is 15.1. The SMILES string of the molecule is Cc1ccc(NC(=O)c2ccc(N)c(Br)c2)cc1C(=O)O. The number of carbonyl (C=O) groups excluding carboxylic acids is 1. The van der Waals surface area contributed by atoms with Crippen LogP contribution in [0.3, 0.4) is 0 Å². The van der Waals surface area contributed by atoms with E-state index >= 15 is 0 Å². The molecular weight excluding hydrogens is 336 g/mol. The molecule has 21 heavy (non-hydrogen) atoms.